The molecule has 246 valence electrons. The van der Waals surface area contributed by atoms with Crippen LogP contribution in [0.3, 0.4) is 0 Å². The molecule has 10 nitrogen and oxygen atoms in total. The summed E-state index contributed by atoms with van der Waals surface area (Å²) in [7, 11) is 1.50. The van der Waals surface area contributed by atoms with Crippen molar-refractivity contribution in [2.75, 3.05) is 20.3 Å². The maximum atomic E-state index is 13.8. The SMILES string of the molecule is COc1cc(C(=O)NCC(O)(c2cc3c(c(-c4cccc(C(F)(F)F)c4Cl)n2)OC[C@]3(C)C(N)=O)C2CC2)cc2cn(C3CC3)nc12. The number of amides is 2. The molecule has 2 fully saturated rings. The van der Waals surface area contributed by atoms with Crippen LogP contribution in [-0.2, 0) is 22.0 Å². The van der Waals surface area contributed by atoms with Gasteiger partial charge in [0, 0.05) is 28.3 Å². The smallest absolute Gasteiger partial charge is 0.417 e. The number of nitrogens with zero attached hydrogens (tertiary/aromatic N) is 3. The summed E-state index contributed by atoms with van der Waals surface area (Å²) in [5.41, 5.74) is 2.61. The zero-order chi connectivity index (χ0) is 33.5. The van der Waals surface area contributed by atoms with Crippen molar-refractivity contribution in [3.8, 4) is 22.8 Å². The first kappa shape index (κ1) is 31.3. The van der Waals surface area contributed by atoms with E-state index < -0.39 is 39.6 Å². The molecule has 47 heavy (non-hydrogen) atoms. The van der Waals surface area contributed by atoms with Gasteiger partial charge in [0.1, 0.15) is 40.3 Å². The summed E-state index contributed by atoms with van der Waals surface area (Å²) in [4.78, 5) is 30.8. The molecule has 0 spiro atoms. The number of primary amides is 1. The fraction of sp³-hybridized carbons (Fsp3) is 0.394. The zero-order valence-electron chi connectivity index (χ0n) is 25.4. The lowest BCUT2D eigenvalue weighted by Gasteiger charge is -2.30. The minimum Gasteiger partial charge on any atom is -0.494 e. The molecule has 14 heteroatoms. The molecule has 3 aliphatic rings. The normalized spacial score (nSPS) is 20.4. The first-order chi connectivity index (χ1) is 22.2. The number of aliphatic hydroxyl groups is 1. The van der Waals surface area contributed by atoms with E-state index in [-0.39, 0.29) is 52.9 Å². The van der Waals surface area contributed by atoms with E-state index in [0.717, 1.165) is 24.3 Å². The summed E-state index contributed by atoms with van der Waals surface area (Å²) in [6.07, 6.45) is 0.402. The number of ether oxygens (including phenoxy) is 2. The summed E-state index contributed by atoms with van der Waals surface area (Å²) < 4.78 is 54.7. The minimum atomic E-state index is -4.75. The van der Waals surface area contributed by atoms with Gasteiger partial charge in [-0.25, -0.2) is 4.98 Å². The van der Waals surface area contributed by atoms with Gasteiger partial charge in [0.25, 0.3) is 5.91 Å². The van der Waals surface area contributed by atoms with Crippen molar-refractivity contribution < 1.29 is 37.3 Å². The average Bonchev–Trinajstić information content (AvgIpc) is 3.98. The first-order valence-corrected chi connectivity index (χ1v) is 15.5. The predicted molar refractivity (Wildman–Crippen MR) is 165 cm³/mol. The summed E-state index contributed by atoms with van der Waals surface area (Å²) in [6.45, 7) is 1.08. The van der Waals surface area contributed by atoms with Crippen LogP contribution in [0.1, 0.15) is 65.8 Å². The van der Waals surface area contributed by atoms with Crippen LogP contribution in [0.25, 0.3) is 22.2 Å². The Balaban J connectivity index is 1.28. The number of carbonyl (C=O) groups is 2. The van der Waals surface area contributed by atoms with Crippen molar-refractivity contribution in [2.24, 2.45) is 11.7 Å². The van der Waals surface area contributed by atoms with Gasteiger partial charge in [-0.05, 0) is 62.8 Å². The standard InChI is InChI=1S/C33H31ClF3N5O5/c1-31(30(38)44)15-47-28-22(31)12-24(40-27(28)20-4-3-5-21(25(20)34)33(35,36)37)32(45,18-6-7-18)14-39-29(43)16-10-17-13-42(19-8-9-19)41-26(17)23(11-16)46-2/h3-5,10-13,18-19,45H,6-9,14-15H2,1-2H3,(H2,38,44)(H,39,43)/t31-,32?/m0/s1. The summed E-state index contributed by atoms with van der Waals surface area (Å²) in [5.74, 6) is -1.08. The molecule has 0 saturated heterocycles. The van der Waals surface area contributed by atoms with Crippen molar-refractivity contribution in [2.45, 2.75) is 55.8 Å². The van der Waals surface area contributed by atoms with Crippen molar-refractivity contribution in [1.29, 1.82) is 0 Å². The van der Waals surface area contributed by atoms with E-state index in [2.05, 4.69) is 15.4 Å². The Kier molecular flexibility index (Phi) is 7.21. The molecule has 2 amide bonds. The van der Waals surface area contributed by atoms with Crippen LogP contribution in [-0.4, -0.2) is 51.9 Å². The third-order valence-corrected chi connectivity index (χ3v) is 9.79. The minimum absolute atomic E-state index is 0.0410. The zero-order valence-corrected chi connectivity index (χ0v) is 26.2. The van der Waals surface area contributed by atoms with Gasteiger partial charge in [0.05, 0.1) is 36.0 Å². The number of benzene rings is 2. The number of pyridine rings is 1. The Morgan fingerprint density at radius 3 is 2.60 bits per heavy atom. The highest BCUT2D eigenvalue weighted by molar-refractivity contribution is 6.34. The topological polar surface area (TPSA) is 142 Å². The van der Waals surface area contributed by atoms with Crippen LogP contribution in [0.4, 0.5) is 13.2 Å². The van der Waals surface area contributed by atoms with Crippen molar-refractivity contribution >= 4 is 34.3 Å². The van der Waals surface area contributed by atoms with Gasteiger partial charge in [-0.3, -0.25) is 14.3 Å². The van der Waals surface area contributed by atoms with Crippen LogP contribution in [0, 0.1) is 5.92 Å². The monoisotopic (exact) mass is 669 g/mol. The van der Waals surface area contributed by atoms with Gasteiger partial charge in [-0.2, -0.15) is 18.3 Å². The number of carbonyl (C=O) groups excluding carboxylic acids is 2. The van der Waals surface area contributed by atoms with Crippen molar-refractivity contribution in [3.63, 3.8) is 0 Å². The molecule has 1 unspecified atom stereocenters. The van der Waals surface area contributed by atoms with Crippen LogP contribution >= 0.6 is 11.6 Å². The number of alkyl halides is 3. The molecule has 1 aliphatic heterocycles. The van der Waals surface area contributed by atoms with Crippen molar-refractivity contribution in [1.82, 2.24) is 20.1 Å². The third kappa shape index (κ3) is 5.25. The molecule has 4 N–H and O–H groups in total. The quantitative estimate of drug-likeness (QED) is 0.220. The number of hydrogen-bond donors (Lipinski definition) is 3. The first-order valence-electron chi connectivity index (χ1n) is 15.2. The van der Waals surface area contributed by atoms with E-state index in [9.17, 15) is 27.9 Å². The summed E-state index contributed by atoms with van der Waals surface area (Å²) in [5, 5.41) is 19.8. The predicted octanol–water partition coefficient (Wildman–Crippen LogP) is 5.28. The van der Waals surface area contributed by atoms with E-state index in [1.54, 1.807) is 19.1 Å². The van der Waals surface area contributed by atoms with Gasteiger partial charge < -0.3 is 25.6 Å². The van der Waals surface area contributed by atoms with Crippen LogP contribution in [0.15, 0.2) is 42.6 Å². The molecule has 2 aliphatic carbocycles. The Labute approximate surface area is 272 Å². The molecule has 0 radical (unpaired) electrons. The molecular weight excluding hydrogens is 639 g/mol. The van der Waals surface area contributed by atoms with Crippen LogP contribution < -0.4 is 20.5 Å². The van der Waals surface area contributed by atoms with Gasteiger partial charge in [-0.1, -0.05) is 23.7 Å². The lowest BCUT2D eigenvalue weighted by molar-refractivity contribution is -0.137. The number of nitrogens with one attached hydrogen (secondary N) is 1. The van der Waals surface area contributed by atoms with Crippen LogP contribution in [0.2, 0.25) is 5.02 Å². The highest BCUT2D eigenvalue weighted by Gasteiger charge is 2.50. The van der Waals surface area contributed by atoms with E-state index in [4.69, 9.17) is 26.8 Å². The second-order valence-corrected chi connectivity index (χ2v) is 13.1. The fourth-order valence-corrected chi connectivity index (χ4v) is 6.50. The van der Waals surface area contributed by atoms with Gasteiger partial charge in [-0.15, -0.1) is 0 Å². The Hall–Kier alpha value is -4.36. The van der Waals surface area contributed by atoms with Gasteiger partial charge in [0.15, 0.2) is 0 Å². The lowest BCUT2D eigenvalue weighted by atomic mass is 9.81. The van der Waals surface area contributed by atoms with E-state index in [1.165, 1.54) is 25.3 Å². The Morgan fingerprint density at radius 1 is 1.21 bits per heavy atom. The number of rotatable bonds is 9. The molecule has 2 aromatic heterocycles. The highest BCUT2D eigenvalue weighted by atomic mass is 35.5. The molecule has 4 aromatic rings. The number of methoxy groups -OCH3 is 1. The van der Waals surface area contributed by atoms with Crippen molar-refractivity contribution in [3.05, 3.63) is 70.0 Å². The van der Waals surface area contributed by atoms with E-state index >= 15 is 0 Å². The third-order valence-electron chi connectivity index (χ3n) is 9.38. The average molecular weight is 670 g/mol. The Morgan fingerprint density at radius 2 is 1.96 bits per heavy atom. The Bertz CT molecular complexity index is 1960. The summed E-state index contributed by atoms with van der Waals surface area (Å²) in [6, 6.07) is 8.50. The molecule has 2 aromatic carbocycles. The molecule has 2 saturated carbocycles. The number of halogens is 4. The van der Waals surface area contributed by atoms with Crippen LogP contribution in [0.5, 0.6) is 11.5 Å². The largest absolute Gasteiger partial charge is 0.494 e. The number of nitrogens with two attached hydrogens (primary N) is 1. The highest BCUT2D eigenvalue weighted by Crippen LogP contribution is 2.51. The fourth-order valence-electron chi connectivity index (χ4n) is 6.18. The molecular formula is C33H31ClF3N5O5. The molecule has 3 heterocycles. The van der Waals surface area contributed by atoms with Gasteiger partial charge in [0.2, 0.25) is 5.91 Å². The van der Waals surface area contributed by atoms with E-state index in [0.29, 0.717) is 30.1 Å². The lowest BCUT2D eigenvalue weighted by Crippen LogP contribution is -2.44. The second kappa shape index (κ2) is 10.8. The molecule has 2 atom stereocenters. The number of aromatic nitrogens is 3. The second-order valence-electron chi connectivity index (χ2n) is 12.7. The maximum Gasteiger partial charge on any atom is 0.417 e. The molecule has 7 rings (SSSR count). The van der Waals surface area contributed by atoms with E-state index in [1.807, 2.05) is 10.9 Å². The van der Waals surface area contributed by atoms with Gasteiger partial charge >= 0.3 is 6.18 Å². The molecule has 0 bridgehead atoms. The number of hydrogen-bond acceptors (Lipinski definition) is 7. The summed E-state index contributed by atoms with van der Waals surface area (Å²) >= 11 is 6.32. The maximum absolute atomic E-state index is 13.8. The number of fused-ring (bicyclic) bond motifs is 2.